The maximum atomic E-state index is 12.9. The van der Waals surface area contributed by atoms with Gasteiger partial charge in [0, 0.05) is 17.6 Å². The van der Waals surface area contributed by atoms with Crippen molar-refractivity contribution < 1.29 is 9.53 Å². The highest BCUT2D eigenvalue weighted by atomic mass is 35.5. The Morgan fingerprint density at radius 3 is 2.50 bits per heavy atom. The van der Waals surface area contributed by atoms with Gasteiger partial charge < -0.3 is 15.4 Å². The number of rotatable bonds is 4. The van der Waals surface area contributed by atoms with E-state index in [2.05, 4.69) is 0 Å². The summed E-state index contributed by atoms with van der Waals surface area (Å²) in [6, 6.07) is 17.0. The Hall–Kier alpha value is -1.59. The van der Waals surface area contributed by atoms with E-state index in [0.29, 0.717) is 24.7 Å². The molecule has 140 valence electrons. The van der Waals surface area contributed by atoms with Gasteiger partial charge in [0.1, 0.15) is 6.10 Å². The molecular weight excluding hydrogens is 371 g/mol. The molecular formula is C20H24Cl2N2O2. The van der Waals surface area contributed by atoms with Crippen LogP contribution in [0.5, 0.6) is 0 Å². The number of nitrogens with zero attached hydrogens (tertiary/aromatic N) is 1. The molecule has 2 aromatic carbocycles. The van der Waals surface area contributed by atoms with E-state index in [1.165, 1.54) is 0 Å². The largest absolute Gasteiger partial charge is 0.370 e. The third-order valence-electron chi connectivity index (χ3n) is 4.73. The molecule has 0 spiro atoms. The number of ether oxygens (including phenoxy) is 1. The highest BCUT2D eigenvalue weighted by molar-refractivity contribution is 6.30. The molecule has 1 aliphatic heterocycles. The van der Waals surface area contributed by atoms with Gasteiger partial charge in [0.15, 0.2) is 0 Å². The number of nitrogens with two attached hydrogens (primary N) is 1. The second kappa shape index (κ2) is 9.38. The van der Waals surface area contributed by atoms with Crippen molar-refractivity contribution in [2.24, 2.45) is 11.7 Å². The molecule has 3 unspecified atom stereocenters. The highest BCUT2D eigenvalue weighted by Crippen LogP contribution is 2.27. The number of amides is 1. The van der Waals surface area contributed by atoms with Gasteiger partial charge >= 0.3 is 0 Å². The minimum absolute atomic E-state index is 0. The fraction of sp³-hybridized carbons (Fsp3) is 0.350. The summed E-state index contributed by atoms with van der Waals surface area (Å²) in [6.45, 7) is 3.54. The SMILES string of the molecule is CC(C(=O)N1CCOC(c2ccc(Cl)cc2)C1)C(N)c1ccccc1.Cl. The Labute approximate surface area is 165 Å². The van der Waals surface area contributed by atoms with Crippen LogP contribution in [0.4, 0.5) is 0 Å². The van der Waals surface area contributed by atoms with Crippen molar-refractivity contribution in [3.8, 4) is 0 Å². The lowest BCUT2D eigenvalue weighted by molar-refractivity contribution is -0.143. The predicted molar refractivity (Wildman–Crippen MR) is 107 cm³/mol. The average molecular weight is 395 g/mol. The molecule has 3 atom stereocenters. The van der Waals surface area contributed by atoms with Gasteiger partial charge in [-0.3, -0.25) is 4.79 Å². The number of hydrogen-bond acceptors (Lipinski definition) is 3. The molecule has 0 saturated carbocycles. The Kier molecular flexibility index (Phi) is 7.47. The van der Waals surface area contributed by atoms with E-state index in [-0.39, 0.29) is 36.4 Å². The van der Waals surface area contributed by atoms with Gasteiger partial charge in [-0.15, -0.1) is 12.4 Å². The summed E-state index contributed by atoms with van der Waals surface area (Å²) in [5.74, 6) is -0.218. The van der Waals surface area contributed by atoms with Gasteiger partial charge in [-0.2, -0.15) is 0 Å². The molecule has 1 heterocycles. The van der Waals surface area contributed by atoms with Crippen LogP contribution in [0.1, 0.15) is 30.2 Å². The molecule has 0 bridgehead atoms. The second-order valence-electron chi connectivity index (χ2n) is 6.42. The fourth-order valence-corrected chi connectivity index (χ4v) is 3.26. The summed E-state index contributed by atoms with van der Waals surface area (Å²) < 4.78 is 5.84. The van der Waals surface area contributed by atoms with Crippen LogP contribution < -0.4 is 5.73 Å². The fourth-order valence-electron chi connectivity index (χ4n) is 3.13. The summed E-state index contributed by atoms with van der Waals surface area (Å²) in [5.41, 5.74) is 8.32. The van der Waals surface area contributed by atoms with Crippen LogP contribution in [0.3, 0.4) is 0 Å². The third kappa shape index (κ3) is 4.77. The maximum absolute atomic E-state index is 12.9. The minimum atomic E-state index is -0.314. The molecule has 0 aliphatic carbocycles. The standard InChI is InChI=1S/C20H23ClN2O2.ClH/c1-14(19(22)16-5-3-2-4-6-16)20(24)23-11-12-25-18(13-23)15-7-9-17(21)10-8-15;/h2-10,14,18-19H,11-13,22H2,1H3;1H. The first-order valence-electron chi connectivity index (χ1n) is 8.52. The molecule has 26 heavy (non-hydrogen) atoms. The molecule has 0 radical (unpaired) electrons. The van der Waals surface area contributed by atoms with E-state index < -0.39 is 0 Å². The number of halogens is 2. The van der Waals surface area contributed by atoms with Gasteiger partial charge in [0.2, 0.25) is 5.91 Å². The highest BCUT2D eigenvalue weighted by Gasteiger charge is 2.31. The first-order valence-corrected chi connectivity index (χ1v) is 8.90. The molecule has 6 heteroatoms. The average Bonchev–Trinajstić information content (AvgIpc) is 2.67. The van der Waals surface area contributed by atoms with Crippen molar-refractivity contribution in [1.29, 1.82) is 0 Å². The zero-order valence-corrected chi connectivity index (χ0v) is 16.2. The molecule has 2 aromatic rings. The molecule has 2 N–H and O–H groups in total. The number of morpholine rings is 1. The van der Waals surface area contributed by atoms with E-state index in [4.69, 9.17) is 22.1 Å². The van der Waals surface area contributed by atoms with E-state index in [9.17, 15) is 4.79 Å². The summed E-state index contributed by atoms with van der Waals surface area (Å²) in [6.07, 6.45) is -0.130. The van der Waals surface area contributed by atoms with E-state index >= 15 is 0 Å². The monoisotopic (exact) mass is 394 g/mol. The molecule has 3 rings (SSSR count). The van der Waals surface area contributed by atoms with Crippen LogP contribution in [-0.4, -0.2) is 30.5 Å². The Bertz CT molecular complexity index is 710. The van der Waals surface area contributed by atoms with Gasteiger partial charge in [-0.05, 0) is 23.3 Å². The lowest BCUT2D eigenvalue weighted by atomic mass is 9.93. The summed E-state index contributed by atoms with van der Waals surface area (Å²) >= 11 is 5.95. The van der Waals surface area contributed by atoms with Crippen molar-refractivity contribution in [3.05, 3.63) is 70.7 Å². The lowest BCUT2D eigenvalue weighted by Crippen LogP contribution is -2.46. The smallest absolute Gasteiger partial charge is 0.227 e. The van der Waals surface area contributed by atoms with E-state index in [1.54, 1.807) is 0 Å². The summed E-state index contributed by atoms with van der Waals surface area (Å²) in [5, 5.41) is 0.690. The molecule has 4 nitrogen and oxygen atoms in total. The van der Waals surface area contributed by atoms with Crippen LogP contribution in [0.2, 0.25) is 5.02 Å². The number of hydrogen-bond donors (Lipinski definition) is 1. The van der Waals surface area contributed by atoms with Crippen molar-refractivity contribution >= 4 is 29.9 Å². The van der Waals surface area contributed by atoms with Gasteiger partial charge in [-0.1, -0.05) is 61.0 Å². The van der Waals surface area contributed by atoms with E-state index in [1.807, 2.05) is 66.4 Å². The molecule has 1 amide bonds. The topological polar surface area (TPSA) is 55.6 Å². The van der Waals surface area contributed by atoms with Crippen LogP contribution in [0.25, 0.3) is 0 Å². The van der Waals surface area contributed by atoms with Crippen LogP contribution >= 0.6 is 24.0 Å². The van der Waals surface area contributed by atoms with Crippen LogP contribution in [-0.2, 0) is 9.53 Å². The van der Waals surface area contributed by atoms with Crippen molar-refractivity contribution in [2.75, 3.05) is 19.7 Å². The summed E-state index contributed by atoms with van der Waals surface area (Å²) in [4.78, 5) is 14.8. The third-order valence-corrected chi connectivity index (χ3v) is 4.98. The van der Waals surface area contributed by atoms with Crippen LogP contribution in [0, 0.1) is 5.92 Å². The van der Waals surface area contributed by atoms with Crippen LogP contribution in [0.15, 0.2) is 54.6 Å². The number of benzene rings is 2. The molecule has 1 fully saturated rings. The zero-order chi connectivity index (χ0) is 17.8. The Morgan fingerprint density at radius 2 is 1.85 bits per heavy atom. The second-order valence-corrected chi connectivity index (χ2v) is 6.86. The quantitative estimate of drug-likeness (QED) is 0.852. The predicted octanol–water partition coefficient (Wildman–Crippen LogP) is 4.00. The van der Waals surface area contributed by atoms with Gasteiger partial charge in [-0.25, -0.2) is 0 Å². The zero-order valence-electron chi connectivity index (χ0n) is 14.7. The lowest BCUT2D eigenvalue weighted by Gasteiger charge is -2.35. The maximum Gasteiger partial charge on any atom is 0.227 e. The van der Waals surface area contributed by atoms with Gasteiger partial charge in [0.25, 0.3) is 0 Å². The van der Waals surface area contributed by atoms with Crippen molar-refractivity contribution in [2.45, 2.75) is 19.1 Å². The van der Waals surface area contributed by atoms with Crippen molar-refractivity contribution in [1.82, 2.24) is 4.90 Å². The first kappa shape index (κ1) is 20.7. The summed E-state index contributed by atoms with van der Waals surface area (Å²) in [7, 11) is 0. The normalized spacial score (nSPS) is 19.3. The number of carbonyl (C=O) groups excluding carboxylic acids is 1. The molecule has 1 saturated heterocycles. The Balaban J connectivity index is 0.00000243. The molecule has 1 aliphatic rings. The minimum Gasteiger partial charge on any atom is -0.370 e. The van der Waals surface area contributed by atoms with E-state index in [0.717, 1.165) is 11.1 Å². The first-order chi connectivity index (χ1) is 12.1. The molecule has 0 aromatic heterocycles. The Morgan fingerprint density at radius 1 is 1.19 bits per heavy atom. The van der Waals surface area contributed by atoms with Gasteiger partial charge in [0.05, 0.1) is 19.1 Å². The number of carbonyl (C=O) groups is 1. The van der Waals surface area contributed by atoms with Crippen molar-refractivity contribution in [3.63, 3.8) is 0 Å².